The number of nitrogens with one attached hydrogen (secondary N) is 3. The number of benzene rings is 2. The number of halogens is 1. The molecule has 3 rings (SSSR count). The van der Waals surface area contributed by atoms with Crippen LogP contribution in [-0.2, 0) is 9.59 Å². The van der Waals surface area contributed by atoms with E-state index in [2.05, 4.69) is 16.0 Å². The van der Waals surface area contributed by atoms with E-state index in [0.29, 0.717) is 28.4 Å². The Hall–Kier alpha value is -3.26. The summed E-state index contributed by atoms with van der Waals surface area (Å²) in [6.07, 6.45) is 0. The molecule has 1 aliphatic heterocycles. The fourth-order valence-corrected chi connectivity index (χ4v) is 2.62. The van der Waals surface area contributed by atoms with Gasteiger partial charge in [-0.15, -0.1) is 0 Å². The van der Waals surface area contributed by atoms with Crippen molar-refractivity contribution >= 4 is 40.7 Å². The lowest BCUT2D eigenvalue weighted by Crippen LogP contribution is -2.32. The maximum atomic E-state index is 12.2. The van der Waals surface area contributed by atoms with Crippen LogP contribution in [0.5, 0.6) is 11.5 Å². The second-order valence-corrected chi connectivity index (χ2v) is 6.08. The number of carbonyl (C=O) groups excluding carboxylic acids is 3. The van der Waals surface area contributed by atoms with Crippen molar-refractivity contribution in [2.24, 2.45) is 0 Å². The summed E-state index contributed by atoms with van der Waals surface area (Å²) in [5.74, 6) is -0.0280. The fraction of sp³-hybridized carbons (Fsp3) is 0.167. The molecule has 0 bridgehead atoms. The van der Waals surface area contributed by atoms with Crippen LogP contribution in [0.2, 0.25) is 5.02 Å². The van der Waals surface area contributed by atoms with E-state index in [9.17, 15) is 14.4 Å². The molecule has 0 saturated heterocycles. The first kappa shape index (κ1) is 18.5. The first-order valence-corrected chi connectivity index (χ1v) is 8.35. The minimum atomic E-state index is -0.424. The highest BCUT2D eigenvalue weighted by Gasteiger charge is 2.16. The van der Waals surface area contributed by atoms with Crippen LogP contribution in [-0.4, -0.2) is 31.1 Å². The molecule has 3 amide bonds. The Morgan fingerprint density at radius 3 is 2.56 bits per heavy atom. The van der Waals surface area contributed by atoms with Crippen LogP contribution < -0.4 is 25.4 Å². The minimum Gasteiger partial charge on any atom is -0.454 e. The predicted molar refractivity (Wildman–Crippen MR) is 99.3 cm³/mol. The highest BCUT2D eigenvalue weighted by molar-refractivity contribution is 6.34. The zero-order chi connectivity index (χ0) is 19.4. The van der Waals surface area contributed by atoms with Crippen molar-refractivity contribution in [3.63, 3.8) is 0 Å². The SMILES string of the molecule is CC(=O)Nc1ccc(NC(=O)CNC(=O)c2ccc3c(c2)OCO3)cc1Cl. The van der Waals surface area contributed by atoms with Crippen molar-refractivity contribution in [3.8, 4) is 11.5 Å². The summed E-state index contributed by atoms with van der Waals surface area (Å²) >= 11 is 6.05. The van der Waals surface area contributed by atoms with Crippen LogP contribution in [0, 0.1) is 0 Å². The summed E-state index contributed by atoms with van der Waals surface area (Å²) in [5, 5.41) is 8.00. The maximum absolute atomic E-state index is 12.2. The quantitative estimate of drug-likeness (QED) is 0.728. The number of fused-ring (bicyclic) bond motifs is 1. The molecule has 0 fully saturated rings. The first-order valence-electron chi connectivity index (χ1n) is 7.97. The highest BCUT2D eigenvalue weighted by Crippen LogP contribution is 2.32. The van der Waals surface area contributed by atoms with Crippen LogP contribution in [0.4, 0.5) is 11.4 Å². The number of carbonyl (C=O) groups is 3. The molecule has 1 aliphatic rings. The number of rotatable bonds is 5. The van der Waals surface area contributed by atoms with E-state index < -0.39 is 11.8 Å². The van der Waals surface area contributed by atoms with E-state index in [4.69, 9.17) is 21.1 Å². The monoisotopic (exact) mass is 389 g/mol. The lowest BCUT2D eigenvalue weighted by Gasteiger charge is -2.10. The largest absolute Gasteiger partial charge is 0.454 e. The van der Waals surface area contributed by atoms with Gasteiger partial charge in [-0.2, -0.15) is 0 Å². The van der Waals surface area contributed by atoms with E-state index in [1.54, 1.807) is 30.3 Å². The number of amides is 3. The average molecular weight is 390 g/mol. The van der Waals surface area contributed by atoms with Gasteiger partial charge in [-0.1, -0.05) is 11.6 Å². The molecule has 27 heavy (non-hydrogen) atoms. The normalized spacial score (nSPS) is 11.6. The Kier molecular flexibility index (Phi) is 5.46. The average Bonchev–Trinajstić information content (AvgIpc) is 3.09. The molecule has 9 heteroatoms. The van der Waals surface area contributed by atoms with Crippen molar-refractivity contribution in [3.05, 3.63) is 47.0 Å². The second-order valence-electron chi connectivity index (χ2n) is 5.67. The lowest BCUT2D eigenvalue weighted by atomic mass is 10.2. The molecular formula is C18H16ClN3O5. The number of hydrogen-bond donors (Lipinski definition) is 3. The molecule has 140 valence electrons. The third-order valence-corrected chi connectivity index (χ3v) is 3.92. The Morgan fingerprint density at radius 2 is 1.81 bits per heavy atom. The summed E-state index contributed by atoms with van der Waals surface area (Å²) in [6, 6.07) is 9.44. The van der Waals surface area contributed by atoms with Gasteiger partial charge in [0.15, 0.2) is 11.5 Å². The highest BCUT2D eigenvalue weighted by atomic mass is 35.5. The number of anilines is 2. The van der Waals surface area contributed by atoms with Gasteiger partial charge >= 0.3 is 0 Å². The smallest absolute Gasteiger partial charge is 0.251 e. The van der Waals surface area contributed by atoms with Crippen LogP contribution in [0.15, 0.2) is 36.4 Å². The van der Waals surface area contributed by atoms with Gasteiger partial charge in [0.1, 0.15) is 0 Å². The molecule has 2 aromatic carbocycles. The van der Waals surface area contributed by atoms with Gasteiger partial charge in [-0.05, 0) is 36.4 Å². The molecule has 2 aromatic rings. The third-order valence-electron chi connectivity index (χ3n) is 3.61. The molecule has 0 aromatic heterocycles. The number of ether oxygens (including phenoxy) is 2. The van der Waals surface area contributed by atoms with Crippen molar-refractivity contribution in [1.29, 1.82) is 0 Å². The molecule has 8 nitrogen and oxygen atoms in total. The Bertz CT molecular complexity index is 916. The van der Waals surface area contributed by atoms with Crippen molar-refractivity contribution in [2.45, 2.75) is 6.92 Å². The van der Waals surface area contributed by atoms with E-state index in [1.165, 1.54) is 13.0 Å². The van der Waals surface area contributed by atoms with E-state index in [0.717, 1.165) is 0 Å². The molecule has 0 unspecified atom stereocenters. The maximum Gasteiger partial charge on any atom is 0.251 e. The van der Waals surface area contributed by atoms with Crippen LogP contribution >= 0.6 is 11.6 Å². The summed E-state index contributed by atoms with van der Waals surface area (Å²) in [4.78, 5) is 35.2. The predicted octanol–water partition coefficient (Wildman–Crippen LogP) is 2.40. The molecule has 0 radical (unpaired) electrons. The molecule has 3 N–H and O–H groups in total. The van der Waals surface area contributed by atoms with Gasteiger partial charge in [0.2, 0.25) is 18.6 Å². The summed E-state index contributed by atoms with van der Waals surface area (Å²) < 4.78 is 10.4. The summed E-state index contributed by atoms with van der Waals surface area (Å²) in [7, 11) is 0. The van der Waals surface area contributed by atoms with Crippen molar-refractivity contribution in [2.75, 3.05) is 24.0 Å². The second kappa shape index (κ2) is 7.96. The van der Waals surface area contributed by atoms with Crippen LogP contribution in [0.25, 0.3) is 0 Å². The standard InChI is InChI=1S/C18H16ClN3O5/c1-10(23)21-14-4-3-12(7-13(14)19)22-17(24)8-20-18(25)11-2-5-15-16(6-11)27-9-26-15/h2-7H,8-9H2,1H3,(H,20,25)(H,21,23)(H,22,24). The van der Waals surface area contributed by atoms with E-state index >= 15 is 0 Å². The van der Waals surface area contributed by atoms with Crippen LogP contribution in [0.1, 0.15) is 17.3 Å². The Labute approximate surface area is 159 Å². The van der Waals surface area contributed by atoms with Gasteiger partial charge in [0, 0.05) is 18.2 Å². The Morgan fingerprint density at radius 1 is 1.04 bits per heavy atom. The lowest BCUT2D eigenvalue weighted by molar-refractivity contribution is -0.115. The molecule has 0 spiro atoms. The number of hydrogen-bond acceptors (Lipinski definition) is 5. The van der Waals surface area contributed by atoms with Gasteiger partial charge in [-0.3, -0.25) is 14.4 Å². The third kappa shape index (κ3) is 4.68. The topological polar surface area (TPSA) is 106 Å². The zero-order valence-corrected chi connectivity index (χ0v) is 15.1. The molecule has 0 saturated carbocycles. The summed E-state index contributed by atoms with van der Waals surface area (Å²) in [5.41, 5.74) is 1.24. The van der Waals surface area contributed by atoms with E-state index in [-0.39, 0.29) is 24.3 Å². The first-order chi connectivity index (χ1) is 12.9. The van der Waals surface area contributed by atoms with Gasteiger partial charge in [0.05, 0.1) is 17.3 Å². The van der Waals surface area contributed by atoms with Crippen molar-refractivity contribution in [1.82, 2.24) is 5.32 Å². The van der Waals surface area contributed by atoms with Gasteiger partial charge in [-0.25, -0.2) is 0 Å². The van der Waals surface area contributed by atoms with Gasteiger partial charge < -0.3 is 25.4 Å². The molecular weight excluding hydrogens is 374 g/mol. The fourth-order valence-electron chi connectivity index (χ4n) is 2.39. The van der Waals surface area contributed by atoms with Crippen molar-refractivity contribution < 1.29 is 23.9 Å². The molecule has 0 atom stereocenters. The van der Waals surface area contributed by atoms with Crippen LogP contribution in [0.3, 0.4) is 0 Å². The molecule has 1 heterocycles. The van der Waals surface area contributed by atoms with E-state index in [1.807, 2.05) is 0 Å². The zero-order valence-electron chi connectivity index (χ0n) is 14.3. The molecule has 0 aliphatic carbocycles. The van der Waals surface area contributed by atoms with Gasteiger partial charge in [0.25, 0.3) is 5.91 Å². The summed E-state index contributed by atoms with van der Waals surface area (Å²) in [6.45, 7) is 1.26. The minimum absolute atomic E-state index is 0.117. The Balaban J connectivity index is 1.54.